The number of rotatable bonds is 7. The molecule has 0 N–H and O–H groups in total. The number of hydrogen-bond donors (Lipinski definition) is 0. The molecule has 0 unspecified atom stereocenters. The van der Waals surface area contributed by atoms with Crippen LogP contribution < -0.4 is 0 Å². The molecule has 2 aromatic carbocycles. The standard InChI is InChI=1S/C20H20ClN3OS/c1-14(2)12-24-19(16-8-10-17(21)11-9-16)22-23-20(24)26-13-18(25)15-6-4-3-5-7-15/h3-11,14H,12-13H2,1-2H3. The summed E-state index contributed by atoms with van der Waals surface area (Å²) >= 11 is 7.41. The fourth-order valence-corrected chi connectivity index (χ4v) is 3.54. The molecule has 0 saturated carbocycles. The van der Waals surface area contributed by atoms with Crippen molar-refractivity contribution in [1.29, 1.82) is 0 Å². The van der Waals surface area contributed by atoms with Crippen molar-refractivity contribution in [3.63, 3.8) is 0 Å². The van der Waals surface area contributed by atoms with Crippen LogP contribution in [0.25, 0.3) is 11.4 Å². The van der Waals surface area contributed by atoms with Gasteiger partial charge in [-0.1, -0.05) is 67.5 Å². The lowest BCUT2D eigenvalue weighted by atomic mass is 10.2. The summed E-state index contributed by atoms with van der Waals surface area (Å²) in [6, 6.07) is 16.9. The van der Waals surface area contributed by atoms with Crippen LogP contribution in [0.3, 0.4) is 0 Å². The second-order valence-corrected chi connectivity index (χ2v) is 7.77. The predicted molar refractivity (Wildman–Crippen MR) is 107 cm³/mol. The number of carbonyl (C=O) groups excluding carboxylic acids is 1. The third-order valence-corrected chi connectivity index (χ3v) is 5.01. The highest BCUT2D eigenvalue weighted by atomic mass is 35.5. The highest BCUT2D eigenvalue weighted by Gasteiger charge is 2.17. The molecule has 0 aliphatic heterocycles. The predicted octanol–water partition coefficient (Wildman–Crippen LogP) is 5.23. The summed E-state index contributed by atoms with van der Waals surface area (Å²) in [5.41, 5.74) is 1.68. The van der Waals surface area contributed by atoms with Gasteiger partial charge in [0.2, 0.25) is 0 Å². The Morgan fingerprint density at radius 3 is 2.42 bits per heavy atom. The van der Waals surface area contributed by atoms with Gasteiger partial charge in [-0.05, 0) is 30.2 Å². The molecule has 0 atom stereocenters. The summed E-state index contributed by atoms with van der Waals surface area (Å²) in [6.45, 7) is 5.08. The molecule has 3 aromatic rings. The molecule has 1 aromatic heterocycles. The number of carbonyl (C=O) groups is 1. The molecule has 3 rings (SSSR count). The number of thioether (sulfide) groups is 1. The van der Waals surface area contributed by atoms with Gasteiger partial charge in [0.25, 0.3) is 0 Å². The largest absolute Gasteiger partial charge is 0.302 e. The number of nitrogens with zero attached hydrogens (tertiary/aromatic N) is 3. The minimum absolute atomic E-state index is 0.0859. The number of ketones is 1. The van der Waals surface area contributed by atoms with Gasteiger partial charge in [0, 0.05) is 22.7 Å². The topological polar surface area (TPSA) is 47.8 Å². The van der Waals surface area contributed by atoms with Crippen molar-refractivity contribution in [3.05, 3.63) is 65.2 Å². The van der Waals surface area contributed by atoms with E-state index in [4.69, 9.17) is 11.6 Å². The molecule has 0 radical (unpaired) electrons. The number of halogens is 1. The number of Topliss-reactive ketones (excluding diaryl/α,β-unsaturated/α-hetero) is 1. The Hall–Kier alpha value is -2.11. The molecular formula is C20H20ClN3OS. The van der Waals surface area contributed by atoms with Gasteiger partial charge in [-0.2, -0.15) is 0 Å². The summed E-state index contributed by atoms with van der Waals surface area (Å²) in [6.07, 6.45) is 0. The lowest BCUT2D eigenvalue weighted by molar-refractivity contribution is 0.102. The third kappa shape index (κ3) is 4.54. The van der Waals surface area contributed by atoms with E-state index in [-0.39, 0.29) is 5.78 Å². The van der Waals surface area contributed by atoms with Crippen molar-refractivity contribution in [2.24, 2.45) is 5.92 Å². The monoisotopic (exact) mass is 385 g/mol. The van der Waals surface area contributed by atoms with Crippen molar-refractivity contribution >= 4 is 29.1 Å². The van der Waals surface area contributed by atoms with Gasteiger partial charge in [-0.3, -0.25) is 4.79 Å². The van der Waals surface area contributed by atoms with Crippen LogP contribution in [0, 0.1) is 5.92 Å². The first-order valence-corrected chi connectivity index (χ1v) is 9.81. The molecule has 0 fully saturated rings. The summed E-state index contributed by atoms with van der Waals surface area (Å²) in [4.78, 5) is 12.4. The van der Waals surface area contributed by atoms with Crippen LogP contribution in [0.5, 0.6) is 0 Å². The van der Waals surface area contributed by atoms with E-state index in [0.29, 0.717) is 22.3 Å². The maximum atomic E-state index is 12.4. The van der Waals surface area contributed by atoms with E-state index in [1.165, 1.54) is 11.8 Å². The first-order valence-electron chi connectivity index (χ1n) is 8.45. The fourth-order valence-electron chi connectivity index (χ4n) is 2.58. The lowest BCUT2D eigenvalue weighted by Crippen LogP contribution is -2.09. The summed E-state index contributed by atoms with van der Waals surface area (Å²) in [5, 5.41) is 10.1. The quantitative estimate of drug-likeness (QED) is 0.412. The van der Waals surface area contributed by atoms with Crippen molar-refractivity contribution < 1.29 is 4.79 Å². The Balaban J connectivity index is 1.82. The van der Waals surface area contributed by atoms with E-state index in [1.807, 2.05) is 54.6 Å². The van der Waals surface area contributed by atoms with Crippen LogP contribution in [0.15, 0.2) is 59.8 Å². The Bertz CT molecular complexity index is 876. The van der Waals surface area contributed by atoms with Crippen molar-refractivity contribution in [1.82, 2.24) is 14.8 Å². The molecule has 0 amide bonds. The van der Waals surface area contributed by atoms with Gasteiger partial charge in [-0.25, -0.2) is 0 Å². The van der Waals surface area contributed by atoms with Crippen molar-refractivity contribution in [2.45, 2.75) is 25.5 Å². The molecule has 0 aliphatic carbocycles. The molecule has 0 saturated heterocycles. The zero-order chi connectivity index (χ0) is 18.5. The Morgan fingerprint density at radius 1 is 1.08 bits per heavy atom. The maximum absolute atomic E-state index is 12.4. The number of aromatic nitrogens is 3. The molecule has 0 spiro atoms. The van der Waals surface area contributed by atoms with E-state index < -0.39 is 0 Å². The van der Waals surface area contributed by atoms with Crippen LogP contribution in [-0.2, 0) is 6.54 Å². The smallest absolute Gasteiger partial charge is 0.191 e. The highest BCUT2D eigenvalue weighted by Crippen LogP contribution is 2.26. The molecule has 4 nitrogen and oxygen atoms in total. The zero-order valence-electron chi connectivity index (χ0n) is 14.7. The third-order valence-electron chi connectivity index (χ3n) is 3.80. The second-order valence-electron chi connectivity index (χ2n) is 6.40. The van der Waals surface area contributed by atoms with E-state index >= 15 is 0 Å². The van der Waals surface area contributed by atoms with Gasteiger partial charge >= 0.3 is 0 Å². The molecule has 134 valence electrons. The molecule has 1 heterocycles. The van der Waals surface area contributed by atoms with Gasteiger partial charge in [0.1, 0.15) is 0 Å². The second kappa shape index (κ2) is 8.52. The zero-order valence-corrected chi connectivity index (χ0v) is 16.3. The molecular weight excluding hydrogens is 366 g/mol. The minimum atomic E-state index is 0.0859. The van der Waals surface area contributed by atoms with Crippen LogP contribution in [-0.4, -0.2) is 26.3 Å². The Kier molecular flexibility index (Phi) is 6.12. The van der Waals surface area contributed by atoms with Crippen molar-refractivity contribution in [3.8, 4) is 11.4 Å². The Labute approximate surface area is 162 Å². The average molecular weight is 386 g/mol. The summed E-state index contributed by atoms with van der Waals surface area (Å²) in [5.74, 6) is 1.65. The van der Waals surface area contributed by atoms with Gasteiger partial charge in [-0.15, -0.1) is 10.2 Å². The normalized spacial score (nSPS) is 11.1. The number of hydrogen-bond acceptors (Lipinski definition) is 4. The van der Waals surface area contributed by atoms with Gasteiger partial charge in [0.05, 0.1) is 5.75 Å². The summed E-state index contributed by atoms with van der Waals surface area (Å²) < 4.78 is 2.08. The van der Waals surface area contributed by atoms with Crippen molar-refractivity contribution in [2.75, 3.05) is 5.75 Å². The first-order chi connectivity index (χ1) is 12.5. The van der Waals surface area contributed by atoms with E-state index in [2.05, 4.69) is 28.6 Å². The van der Waals surface area contributed by atoms with Crippen LogP contribution in [0.2, 0.25) is 5.02 Å². The highest BCUT2D eigenvalue weighted by molar-refractivity contribution is 7.99. The molecule has 6 heteroatoms. The van der Waals surface area contributed by atoms with E-state index in [1.54, 1.807) is 0 Å². The maximum Gasteiger partial charge on any atom is 0.191 e. The fraction of sp³-hybridized carbons (Fsp3) is 0.250. The molecule has 26 heavy (non-hydrogen) atoms. The van der Waals surface area contributed by atoms with Gasteiger partial charge < -0.3 is 4.57 Å². The Morgan fingerprint density at radius 2 is 1.77 bits per heavy atom. The summed E-state index contributed by atoms with van der Waals surface area (Å²) in [7, 11) is 0. The SMILES string of the molecule is CC(C)Cn1c(SCC(=O)c2ccccc2)nnc1-c1ccc(Cl)cc1. The minimum Gasteiger partial charge on any atom is -0.302 e. The lowest BCUT2D eigenvalue weighted by Gasteiger charge is -2.12. The van der Waals surface area contributed by atoms with E-state index in [0.717, 1.165) is 23.1 Å². The van der Waals surface area contributed by atoms with Crippen LogP contribution >= 0.6 is 23.4 Å². The first kappa shape index (κ1) is 18.7. The number of benzene rings is 2. The average Bonchev–Trinajstić information content (AvgIpc) is 3.03. The van der Waals surface area contributed by atoms with Crippen LogP contribution in [0.4, 0.5) is 0 Å². The molecule has 0 aliphatic rings. The van der Waals surface area contributed by atoms with E-state index in [9.17, 15) is 4.79 Å². The van der Waals surface area contributed by atoms with Crippen LogP contribution in [0.1, 0.15) is 24.2 Å². The van der Waals surface area contributed by atoms with Gasteiger partial charge in [0.15, 0.2) is 16.8 Å². The molecule has 0 bridgehead atoms.